The van der Waals surface area contributed by atoms with E-state index in [2.05, 4.69) is 303 Å². The van der Waals surface area contributed by atoms with Crippen LogP contribution in [0.25, 0.3) is 169 Å². The molecule has 4 nitrogen and oxygen atoms in total. The van der Waals surface area contributed by atoms with Crippen LogP contribution in [-0.2, 0) is 28.2 Å². The van der Waals surface area contributed by atoms with E-state index in [-0.39, 0.29) is 0 Å². The quantitative estimate of drug-likeness (QED) is 0.156. The zero-order valence-electron chi connectivity index (χ0n) is 64.0. The van der Waals surface area contributed by atoms with Crippen molar-refractivity contribution in [2.24, 2.45) is 28.2 Å². The molecule has 8 aromatic heterocycles. The summed E-state index contributed by atoms with van der Waals surface area (Å²) in [7, 11) is 8.55. The lowest BCUT2D eigenvalue weighted by Gasteiger charge is -2.07. The summed E-state index contributed by atoms with van der Waals surface area (Å²) >= 11 is 7.37. The minimum atomic E-state index is -2.09. The molecule has 0 spiro atoms. The smallest absolute Gasteiger partial charge is 0.193 e. The van der Waals surface area contributed by atoms with Gasteiger partial charge in [-0.1, -0.05) is 198 Å². The van der Waals surface area contributed by atoms with Crippen LogP contribution in [-0.4, -0.2) is 0 Å². The zero-order valence-corrected chi connectivity index (χ0v) is 61.2. The number of nitrogens with zero attached hydrogens (tertiary/aromatic N) is 4. The van der Waals surface area contributed by atoms with Crippen molar-refractivity contribution in [1.29, 1.82) is 0 Å². The molecule has 0 amide bonds. The second kappa shape index (κ2) is 26.3. The Morgan fingerprint density at radius 1 is 0.245 bits per heavy atom. The van der Waals surface area contributed by atoms with Gasteiger partial charge in [0.25, 0.3) is 9.66 Å². The molecule has 0 saturated carbocycles. The molecule has 0 saturated heterocycles. The van der Waals surface area contributed by atoms with Crippen molar-refractivity contribution >= 4 is 170 Å². The molecule has 0 fully saturated rings. The third-order valence-corrected chi connectivity index (χ3v) is 25.2. The highest BCUT2D eigenvalue weighted by Gasteiger charge is 2.26. The average Bonchev–Trinajstić information content (AvgIpc) is 1.55. The van der Waals surface area contributed by atoms with E-state index in [1.165, 1.54) is 158 Å². The maximum atomic E-state index is 7.67. The molecule has 0 atom stereocenters. The number of pyridine rings is 4. The standard InChI is InChI=1S/2C24H20NS.2C23H18NS/c1-15-8-10-18(16(2)14-15)20-11-13-22-24(25(20)3)23-19-7-5-4-6-17(19)9-12-21(23)26-22;1-15-8-9-19(16(2)12-15)22-11-10-20-21-13-17-6-4-5-7-18(17)14-23(21)26-24(20)25(22)3;1-15-7-3-6-10-18(15)20-11-12-21-23(24(20)2)19-13-16-8-4-5-9-17(16)14-22(19)25-21;1-15-7-3-6-10-18(15)21-12-11-19-20-13-16-8-4-5-9-17(16)14-22(20)25-23(19)24(21)2/h2*4-14H,1-3H3;2*3-14H,1-2H3/q4*+1/i2*1D3;;. The minimum absolute atomic E-state index is 0.384. The topological polar surface area (TPSA) is 15.5 Å². The second-order valence-corrected chi connectivity index (χ2v) is 31.0. The van der Waals surface area contributed by atoms with E-state index < -0.39 is 13.7 Å². The lowest BCUT2D eigenvalue weighted by atomic mass is 10.0. The Bertz CT molecular complexity index is 7020. The molecule has 12 aromatic carbocycles. The molecule has 20 rings (SSSR count). The SMILES string of the molecule is Cc1ccccc1-c1ccc2c3cc4ccccc4cc3sc2[n+]1C.Cc1ccccc1-c1ccc2sc3cc4ccccc4cc3c2[n+]1C.[2H]C([2H])([2H])c1ccc(-c2ccc3c4cc5ccccc5cc4sc3[n+]2C)c(C)c1.[2H]C([2H])([2H])c1ccc(-c2ccc3sc4ccc5ccccc5c4c3[n+]2C)c(C)c1. The highest BCUT2D eigenvalue weighted by atomic mass is 32.1. The fraction of sp³-hybridized carbons (Fsp3) is 0.106. The first kappa shape index (κ1) is 57.9. The molecule has 8 heterocycles. The van der Waals surface area contributed by atoms with Gasteiger partial charge in [0.15, 0.2) is 0 Å². The molecule has 0 aliphatic rings. The van der Waals surface area contributed by atoms with Gasteiger partial charge in [-0.2, -0.15) is 18.3 Å². The van der Waals surface area contributed by atoms with Crippen LogP contribution in [0.3, 0.4) is 0 Å². The van der Waals surface area contributed by atoms with Gasteiger partial charge in [-0.3, -0.25) is 0 Å². The van der Waals surface area contributed by atoms with Gasteiger partial charge >= 0.3 is 0 Å². The summed E-state index contributed by atoms with van der Waals surface area (Å²) in [6, 6.07) is 98.2. The van der Waals surface area contributed by atoms with Crippen molar-refractivity contribution < 1.29 is 26.5 Å². The van der Waals surface area contributed by atoms with E-state index >= 15 is 0 Å². The molecular weight excluding hydrogens is 1310 g/mol. The predicted molar refractivity (Wildman–Crippen MR) is 442 cm³/mol. The van der Waals surface area contributed by atoms with Crippen molar-refractivity contribution in [1.82, 2.24) is 0 Å². The van der Waals surface area contributed by atoms with E-state index in [0.29, 0.717) is 11.1 Å². The summed E-state index contributed by atoms with van der Waals surface area (Å²) in [5, 5.41) is 18.1. The average molecular weight is 1400 g/mol. The van der Waals surface area contributed by atoms with Crippen LogP contribution in [0.4, 0.5) is 0 Å². The van der Waals surface area contributed by atoms with E-state index in [9.17, 15) is 0 Å². The van der Waals surface area contributed by atoms with Crippen molar-refractivity contribution in [2.75, 3.05) is 0 Å². The fourth-order valence-electron chi connectivity index (χ4n) is 15.2. The summed E-state index contributed by atoms with van der Waals surface area (Å²) in [5.41, 5.74) is 17.3. The molecule has 492 valence electrons. The number of aryl methyl sites for hydroxylation is 10. The Hall–Kier alpha value is -10.8. The third kappa shape index (κ3) is 11.4. The van der Waals surface area contributed by atoms with Crippen molar-refractivity contribution in [3.05, 3.63) is 312 Å². The number of hydrogen-bond acceptors (Lipinski definition) is 4. The van der Waals surface area contributed by atoms with Gasteiger partial charge in [-0.25, -0.2) is 0 Å². The van der Waals surface area contributed by atoms with Crippen LogP contribution in [0.2, 0.25) is 0 Å². The maximum absolute atomic E-state index is 7.67. The second-order valence-electron chi connectivity index (χ2n) is 26.8. The molecular formula is C94H76N4S4+4. The fourth-order valence-corrected chi connectivity index (χ4v) is 19.9. The maximum Gasteiger partial charge on any atom is 0.270 e. The van der Waals surface area contributed by atoms with Crippen molar-refractivity contribution in [3.8, 4) is 45.0 Å². The largest absolute Gasteiger partial charge is 0.270 e. The zero-order chi connectivity index (χ0) is 74.6. The summed E-state index contributed by atoms with van der Waals surface area (Å²) in [6.07, 6.45) is 0. The lowest BCUT2D eigenvalue weighted by molar-refractivity contribution is -0.632. The molecule has 0 radical (unpaired) electrons. The van der Waals surface area contributed by atoms with Gasteiger partial charge in [-0.15, -0.1) is 22.7 Å². The molecule has 0 unspecified atom stereocenters. The number of benzene rings is 12. The van der Waals surface area contributed by atoms with Gasteiger partial charge in [0, 0.05) is 84.3 Å². The molecule has 20 aromatic rings. The van der Waals surface area contributed by atoms with Gasteiger partial charge in [0.1, 0.15) is 37.6 Å². The molecule has 0 aliphatic heterocycles. The van der Waals surface area contributed by atoms with Gasteiger partial charge in [0.2, 0.25) is 33.8 Å². The summed E-state index contributed by atoms with van der Waals surface area (Å²) < 4.78 is 63.0. The Morgan fingerprint density at radius 2 is 0.608 bits per heavy atom. The normalized spacial score (nSPS) is 12.7. The number of hydrogen-bond donors (Lipinski definition) is 0. The highest BCUT2D eigenvalue weighted by Crippen LogP contribution is 2.42. The van der Waals surface area contributed by atoms with Gasteiger partial charge in [0.05, 0.1) is 21.5 Å². The van der Waals surface area contributed by atoms with Crippen LogP contribution in [0.5, 0.6) is 0 Å². The summed E-state index contributed by atoms with van der Waals surface area (Å²) in [6.45, 7) is 4.15. The number of thiophene rings is 4. The molecule has 102 heavy (non-hydrogen) atoms. The highest BCUT2D eigenvalue weighted by molar-refractivity contribution is 7.26. The van der Waals surface area contributed by atoms with Crippen LogP contribution >= 0.6 is 45.3 Å². The third-order valence-electron chi connectivity index (χ3n) is 20.5. The van der Waals surface area contributed by atoms with Crippen molar-refractivity contribution in [3.63, 3.8) is 0 Å². The van der Waals surface area contributed by atoms with E-state index in [4.69, 9.17) is 8.22 Å². The lowest BCUT2D eigenvalue weighted by Crippen LogP contribution is -2.31. The van der Waals surface area contributed by atoms with Crippen LogP contribution < -0.4 is 18.3 Å². The summed E-state index contributed by atoms with van der Waals surface area (Å²) in [5.74, 6) is 0. The number of rotatable bonds is 4. The van der Waals surface area contributed by atoms with Gasteiger partial charge < -0.3 is 0 Å². The monoisotopic (exact) mass is 1390 g/mol. The van der Waals surface area contributed by atoms with E-state index in [0.717, 1.165) is 33.6 Å². The molecule has 8 heteroatoms. The molecule has 0 N–H and O–H groups in total. The number of fused-ring (bicyclic) bond motifs is 17. The molecule has 0 aliphatic carbocycles. The Morgan fingerprint density at radius 3 is 1.08 bits per heavy atom. The first-order valence-corrected chi connectivity index (χ1v) is 37.7. The number of aromatic nitrogens is 4. The Labute approximate surface area is 618 Å². The van der Waals surface area contributed by atoms with Crippen LogP contribution in [0, 0.1) is 41.4 Å². The van der Waals surface area contributed by atoms with Crippen LogP contribution in [0.1, 0.15) is 41.6 Å². The first-order chi connectivity index (χ1) is 52.1. The van der Waals surface area contributed by atoms with Crippen molar-refractivity contribution in [2.45, 2.75) is 41.4 Å². The van der Waals surface area contributed by atoms with E-state index in [1.807, 2.05) is 60.0 Å². The molecule has 0 bridgehead atoms. The predicted octanol–water partition coefficient (Wildman–Crippen LogP) is 24.6. The van der Waals surface area contributed by atoms with Gasteiger partial charge in [-0.05, 0) is 198 Å². The summed E-state index contributed by atoms with van der Waals surface area (Å²) in [4.78, 5) is 2.54. The Balaban J connectivity index is 0.000000106. The van der Waals surface area contributed by atoms with E-state index in [1.54, 1.807) is 35.6 Å². The first-order valence-electron chi connectivity index (χ1n) is 37.4. The van der Waals surface area contributed by atoms with Crippen LogP contribution in [0.15, 0.2) is 279 Å². The Kier molecular flexibility index (Phi) is 14.9. The minimum Gasteiger partial charge on any atom is -0.193 e.